The van der Waals surface area contributed by atoms with Gasteiger partial charge in [-0.1, -0.05) is 0 Å². The van der Waals surface area contributed by atoms with Crippen molar-refractivity contribution in [2.24, 2.45) is 0 Å². The van der Waals surface area contributed by atoms with Gasteiger partial charge < -0.3 is 9.84 Å². The maximum atomic E-state index is 11.5. The van der Waals surface area contributed by atoms with E-state index in [9.17, 15) is 9.90 Å². The van der Waals surface area contributed by atoms with E-state index in [4.69, 9.17) is 4.74 Å². The molecule has 86 valence electrons. The average molecular weight is 223 g/mol. The molecule has 0 spiro atoms. The summed E-state index contributed by atoms with van der Waals surface area (Å²) >= 11 is 0. The van der Waals surface area contributed by atoms with Gasteiger partial charge in [0.15, 0.2) is 0 Å². The van der Waals surface area contributed by atoms with E-state index in [1.54, 1.807) is 13.0 Å². The molecule has 2 rings (SSSR count). The number of ether oxygens (including phenoxy) is 1. The summed E-state index contributed by atoms with van der Waals surface area (Å²) in [6, 6.07) is 1.68. The number of aromatic nitrogens is 2. The zero-order chi connectivity index (χ0) is 11.7. The van der Waals surface area contributed by atoms with Gasteiger partial charge in [0.1, 0.15) is 0 Å². The van der Waals surface area contributed by atoms with Crippen LogP contribution in [-0.2, 0) is 4.79 Å². The second-order valence-electron chi connectivity index (χ2n) is 3.71. The summed E-state index contributed by atoms with van der Waals surface area (Å²) in [5.74, 6) is 0.537. The normalized spacial score (nSPS) is 20.3. The van der Waals surface area contributed by atoms with Crippen molar-refractivity contribution in [3.05, 3.63) is 11.8 Å². The minimum absolute atomic E-state index is 0.125. The van der Waals surface area contributed by atoms with Crippen LogP contribution >= 0.6 is 0 Å². The summed E-state index contributed by atoms with van der Waals surface area (Å²) in [5.41, 5.74) is 0.719. The Morgan fingerprint density at radius 3 is 2.88 bits per heavy atom. The summed E-state index contributed by atoms with van der Waals surface area (Å²) in [4.78, 5) is 21.1. The number of rotatable bonds is 2. The minimum atomic E-state index is -0.636. The number of carbonyl (C=O) groups excluding carboxylic acids is 1. The lowest BCUT2D eigenvalue weighted by Crippen LogP contribution is -2.27. The van der Waals surface area contributed by atoms with Crippen molar-refractivity contribution in [2.75, 3.05) is 18.6 Å². The van der Waals surface area contributed by atoms with Crippen LogP contribution in [0.25, 0.3) is 0 Å². The maximum Gasteiger partial charge on any atom is 0.235 e. The van der Waals surface area contributed by atoms with E-state index in [2.05, 4.69) is 9.97 Å². The van der Waals surface area contributed by atoms with Gasteiger partial charge in [-0.25, -0.2) is 4.98 Å². The number of carbonyl (C=O) groups is 1. The molecule has 0 aliphatic carbocycles. The zero-order valence-corrected chi connectivity index (χ0v) is 9.17. The molecule has 0 bridgehead atoms. The van der Waals surface area contributed by atoms with Crippen molar-refractivity contribution in [1.82, 2.24) is 9.97 Å². The number of amides is 1. The van der Waals surface area contributed by atoms with Crippen LogP contribution in [0, 0.1) is 6.92 Å². The number of anilines is 1. The second-order valence-corrected chi connectivity index (χ2v) is 3.71. The summed E-state index contributed by atoms with van der Waals surface area (Å²) in [5, 5.41) is 9.38. The first-order valence-corrected chi connectivity index (χ1v) is 4.98. The van der Waals surface area contributed by atoms with Gasteiger partial charge in [-0.15, -0.1) is 0 Å². The van der Waals surface area contributed by atoms with E-state index in [1.807, 2.05) is 0 Å². The molecule has 0 saturated carbocycles. The highest BCUT2D eigenvalue weighted by molar-refractivity contribution is 5.94. The molecule has 16 heavy (non-hydrogen) atoms. The Morgan fingerprint density at radius 2 is 2.31 bits per heavy atom. The highest BCUT2D eigenvalue weighted by Gasteiger charge is 2.31. The van der Waals surface area contributed by atoms with E-state index in [1.165, 1.54) is 12.0 Å². The number of β-amino-alcohol motifs (C(OH)–C–C–N with tert-alkyl or cyclic N) is 1. The van der Waals surface area contributed by atoms with E-state index in [0.717, 1.165) is 5.69 Å². The first kappa shape index (κ1) is 10.8. The Bertz CT molecular complexity index is 422. The third-order valence-corrected chi connectivity index (χ3v) is 2.37. The molecule has 0 aromatic carbocycles. The lowest BCUT2D eigenvalue weighted by Gasteiger charge is -2.14. The van der Waals surface area contributed by atoms with Crippen LogP contribution < -0.4 is 9.64 Å². The van der Waals surface area contributed by atoms with Gasteiger partial charge in [0.05, 0.1) is 26.2 Å². The molecule has 1 aliphatic rings. The predicted octanol–water partition coefficient (Wildman–Crippen LogP) is -0.109. The van der Waals surface area contributed by atoms with Crippen molar-refractivity contribution in [1.29, 1.82) is 0 Å². The summed E-state index contributed by atoms with van der Waals surface area (Å²) in [7, 11) is 1.51. The van der Waals surface area contributed by atoms with Crippen molar-refractivity contribution < 1.29 is 14.6 Å². The van der Waals surface area contributed by atoms with Gasteiger partial charge in [-0.3, -0.25) is 9.69 Å². The Labute approximate surface area is 92.9 Å². The first-order valence-electron chi connectivity index (χ1n) is 4.98. The van der Waals surface area contributed by atoms with Crippen LogP contribution in [0.1, 0.15) is 12.1 Å². The SMILES string of the molecule is COc1cc(C)nc(N2CC(O)CC2=O)n1. The fourth-order valence-electron chi connectivity index (χ4n) is 1.63. The molecule has 0 radical (unpaired) electrons. The molecule has 1 amide bonds. The topological polar surface area (TPSA) is 75.6 Å². The van der Waals surface area contributed by atoms with Gasteiger partial charge in [0.2, 0.25) is 17.7 Å². The molecule has 1 atom stereocenters. The van der Waals surface area contributed by atoms with E-state index >= 15 is 0 Å². The van der Waals surface area contributed by atoms with Crippen LogP contribution in [0.4, 0.5) is 5.95 Å². The molecule has 1 saturated heterocycles. The van der Waals surface area contributed by atoms with E-state index in [0.29, 0.717) is 11.8 Å². The Hall–Kier alpha value is -1.69. The van der Waals surface area contributed by atoms with Gasteiger partial charge in [0, 0.05) is 11.8 Å². The average Bonchev–Trinajstić information content (AvgIpc) is 2.57. The number of aliphatic hydroxyl groups is 1. The molecule has 1 N–H and O–H groups in total. The first-order chi connectivity index (χ1) is 7.60. The highest BCUT2D eigenvalue weighted by Crippen LogP contribution is 2.20. The van der Waals surface area contributed by atoms with Crippen molar-refractivity contribution in [3.63, 3.8) is 0 Å². The van der Waals surface area contributed by atoms with E-state index < -0.39 is 6.10 Å². The summed E-state index contributed by atoms with van der Waals surface area (Å²) in [6.07, 6.45) is -0.512. The van der Waals surface area contributed by atoms with E-state index in [-0.39, 0.29) is 18.9 Å². The predicted molar refractivity (Wildman–Crippen MR) is 56.3 cm³/mol. The van der Waals surface area contributed by atoms with Crippen LogP contribution in [0.5, 0.6) is 5.88 Å². The lowest BCUT2D eigenvalue weighted by molar-refractivity contribution is -0.117. The Morgan fingerprint density at radius 1 is 1.56 bits per heavy atom. The number of hydrogen-bond donors (Lipinski definition) is 1. The molecule has 1 aliphatic heterocycles. The molecule has 1 aromatic rings. The van der Waals surface area contributed by atoms with Crippen molar-refractivity contribution >= 4 is 11.9 Å². The third kappa shape index (κ3) is 1.96. The molecule has 6 nitrogen and oxygen atoms in total. The smallest absolute Gasteiger partial charge is 0.235 e. The number of nitrogens with zero attached hydrogens (tertiary/aromatic N) is 3. The highest BCUT2D eigenvalue weighted by atomic mass is 16.5. The monoisotopic (exact) mass is 223 g/mol. The fourth-order valence-corrected chi connectivity index (χ4v) is 1.63. The molecular formula is C10H13N3O3. The van der Waals surface area contributed by atoms with Crippen molar-refractivity contribution in [3.8, 4) is 5.88 Å². The third-order valence-electron chi connectivity index (χ3n) is 2.37. The zero-order valence-electron chi connectivity index (χ0n) is 9.17. The van der Waals surface area contributed by atoms with Crippen LogP contribution in [0.3, 0.4) is 0 Å². The standard InChI is InChI=1S/C10H13N3O3/c1-6-3-8(16-2)12-10(11-6)13-5-7(14)4-9(13)15/h3,7,14H,4-5H2,1-2H3. The number of aliphatic hydroxyl groups excluding tert-OH is 1. The Balaban J connectivity index is 2.33. The van der Waals surface area contributed by atoms with Crippen LogP contribution in [0.15, 0.2) is 6.07 Å². The molecule has 1 aromatic heterocycles. The van der Waals surface area contributed by atoms with Crippen LogP contribution in [0.2, 0.25) is 0 Å². The van der Waals surface area contributed by atoms with Gasteiger partial charge in [0.25, 0.3) is 0 Å². The van der Waals surface area contributed by atoms with Crippen LogP contribution in [-0.4, -0.2) is 40.7 Å². The molecule has 1 fully saturated rings. The fraction of sp³-hybridized carbons (Fsp3) is 0.500. The number of hydrogen-bond acceptors (Lipinski definition) is 5. The van der Waals surface area contributed by atoms with Gasteiger partial charge in [-0.2, -0.15) is 4.98 Å². The molecule has 1 unspecified atom stereocenters. The molecule has 2 heterocycles. The minimum Gasteiger partial charge on any atom is -0.481 e. The largest absolute Gasteiger partial charge is 0.481 e. The van der Waals surface area contributed by atoms with Crippen molar-refractivity contribution in [2.45, 2.75) is 19.4 Å². The molecular weight excluding hydrogens is 210 g/mol. The maximum absolute atomic E-state index is 11.5. The van der Waals surface area contributed by atoms with Gasteiger partial charge >= 0.3 is 0 Å². The lowest BCUT2D eigenvalue weighted by atomic mass is 10.3. The second kappa shape index (κ2) is 4.05. The van der Waals surface area contributed by atoms with Gasteiger partial charge in [-0.05, 0) is 6.92 Å². The number of methoxy groups -OCH3 is 1. The summed E-state index contributed by atoms with van der Waals surface area (Å²) < 4.78 is 5.01. The summed E-state index contributed by atoms with van der Waals surface area (Å²) in [6.45, 7) is 2.04. The number of aryl methyl sites for hydroxylation is 1. The Kier molecular flexibility index (Phi) is 2.74. The molecule has 6 heteroatoms. The quantitative estimate of drug-likeness (QED) is 0.757.